The van der Waals surface area contributed by atoms with E-state index in [-0.39, 0.29) is 35.0 Å². The molecule has 1 unspecified atom stereocenters. The number of nitrogens with one attached hydrogen (secondary N) is 3. The molecular weight excluding hydrogens is 752 g/mol. The highest BCUT2D eigenvalue weighted by molar-refractivity contribution is 5.89. The van der Waals surface area contributed by atoms with Crippen molar-refractivity contribution in [2.24, 2.45) is 0 Å². The number of phenolic OH excluding ortho intramolecular Hbond substituents is 2. The number of hydrogen-bond acceptors (Lipinski definition) is 12. The quantitative estimate of drug-likeness (QED) is 0.0349. The minimum absolute atomic E-state index is 0.0381. The molecular formula is C42H52N4O12. The van der Waals surface area contributed by atoms with Crippen LogP contribution in [0.3, 0.4) is 0 Å². The summed E-state index contributed by atoms with van der Waals surface area (Å²) in [5.74, 6) is -0.995. The molecule has 16 heteroatoms. The number of aliphatic carboxylic acids is 2. The van der Waals surface area contributed by atoms with Gasteiger partial charge >= 0.3 is 11.9 Å². The molecule has 3 atom stereocenters. The smallest absolute Gasteiger partial charge is 0.328 e. The van der Waals surface area contributed by atoms with Crippen LogP contribution in [-0.4, -0.2) is 94.8 Å². The number of phenols is 2. The summed E-state index contributed by atoms with van der Waals surface area (Å²) in [6.45, 7) is 6.88. The van der Waals surface area contributed by atoms with Crippen LogP contribution in [-0.2, 0) is 25.6 Å². The van der Waals surface area contributed by atoms with Gasteiger partial charge in [0.25, 0.3) is 0 Å². The Morgan fingerprint density at radius 3 is 1.55 bits per heavy atom. The zero-order valence-corrected chi connectivity index (χ0v) is 32.9. The van der Waals surface area contributed by atoms with Gasteiger partial charge in [-0.3, -0.25) is 9.59 Å². The van der Waals surface area contributed by atoms with E-state index >= 15 is 0 Å². The van der Waals surface area contributed by atoms with E-state index in [2.05, 4.69) is 20.9 Å². The Kier molecular flexibility index (Phi) is 20.3. The molecule has 0 aliphatic heterocycles. The van der Waals surface area contributed by atoms with Crippen LogP contribution >= 0.6 is 0 Å². The van der Waals surface area contributed by atoms with Gasteiger partial charge < -0.3 is 61.0 Å². The van der Waals surface area contributed by atoms with E-state index in [0.29, 0.717) is 49.2 Å². The number of carbonyl (C=O) groups excluding carboxylic acids is 2. The first kappa shape index (κ1) is 47.5. The molecule has 4 rings (SSSR count). The number of carbonyl (C=O) groups is 4. The van der Waals surface area contributed by atoms with Crippen LogP contribution in [0.15, 0.2) is 97.1 Å². The molecule has 0 spiro atoms. The van der Waals surface area contributed by atoms with Crippen LogP contribution in [0, 0.1) is 0 Å². The molecule has 312 valence electrons. The highest BCUT2D eigenvalue weighted by Gasteiger charge is 2.18. The van der Waals surface area contributed by atoms with E-state index in [0.717, 1.165) is 23.6 Å². The number of ether oxygens (including phenoxy) is 2. The third kappa shape index (κ3) is 16.6. The summed E-state index contributed by atoms with van der Waals surface area (Å²) < 4.78 is 10.3. The average molecular weight is 805 g/mol. The van der Waals surface area contributed by atoms with Crippen molar-refractivity contribution in [2.75, 3.05) is 42.8 Å². The van der Waals surface area contributed by atoms with Gasteiger partial charge in [-0.1, -0.05) is 24.3 Å². The fourth-order valence-electron chi connectivity index (χ4n) is 5.32. The van der Waals surface area contributed by atoms with Gasteiger partial charge in [0, 0.05) is 43.0 Å². The number of benzene rings is 4. The summed E-state index contributed by atoms with van der Waals surface area (Å²) in [6, 6.07) is 25.2. The summed E-state index contributed by atoms with van der Waals surface area (Å²) in [7, 11) is 3.26. The first-order valence-corrected chi connectivity index (χ1v) is 18.0. The molecule has 0 bridgehead atoms. The average Bonchev–Trinajstić information content (AvgIpc) is 3.20. The maximum atomic E-state index is 10.6. The van der Waals surface area contributed by atoms with Crippen molar-refractivity contribution < 1.29 is 59.3 Å². The van der Waals surface area contributed by atoms with Gasteiger partial charge in [-0.2, -0.15) is 0 Å². The zero-order valence-electron chi connectivity index (χ0n) is 32.9. The summed E-state index contributed by atoms with van der Waals surface area (Å²) in [6.07, 6.45) is 1.39. The Morgan fingerprint density at radius 2 is 1.14 bits per heavy atom. The highest BCUT2D eigenvalue weighted by atomic mass is 16.5. The molecule has 0 aliphatic carbocycles. The van der Waals surface area contributed by atoms with E-state index in [1.54, 1.807) is 38.5 Å². The normalized spacial score (nSPS) is 12.1. The van der Waals surface area contributed by atoms with E-state index in [1.165, 1.54) is 17.7 Å². The van der Waals surface area contributed by atoms with Crippen molar-refractivity contribution in [3.63, 3.8) is 0 Å². The molecule has 0 saturated heterocycles. The number of methoxy groups -OCH3 is 2. The molecule has 58 heavy (non-hydrogen) atoms. The van der Waals surface area contributed by atoms with Gasteiger partial charge in [0.2, 0.25) is 12.8 Å². The van der Waals surface area contributed by atoms with Gasteiger partial charge in [-0.05, 0) is 105 Å². The lowest BCUT2D eigenvalue weighted by atomic mass is 10.1. The topological polar surface area (TPSA) is 247 Å². The molecule has 0 radical (unpaired) electrons. The third-order valence-corrected chi connectivity index (χ3v) is 8.37. The second kappa shape index (κ2) is 24.8. The summed E-state index contributed by atoms with van der Waals surface area (Å²) in [5.41, 5.74) is 3.93. The van der Waals surface area contributed by atoms with Crippen molar-refractivity contribution in [2.45, 2.75) is 51.5 Å². The van der Waals surface area contributed by atoms with E-state index in [9.17, 15) is 39.6 Å². The number of rotatable bonds is 19. The molecule has 9 N–H and O–H groups in total. The van der Waals surface area contributed by atoms with Crippen molar-refractivity contribution >= 4 is 41.8 Å². The molecule has 4 aromatic rings. The highest BCUT2D eigenvalue weighted by Crippen LogP contribution is 2.30. The van der Waals surface area contributed by atoms with Crippen molar-refractivity contribution in [3.05, 3.63) is 114 Å². The molecule has 4 aromatic carbocycles. The number of anilines is 3. The number of nitrogens with zero attached hydrogens (tertiary/aromatic N) is 1. The zero-order chi connectivity index (χ0) is 43.2. The summed E-state index contributed by atoms with van der Waals surface area (Å²) in [5, 5.41) is 64.0. The van der Waals surface area contributed by atoms with Gasteiger partial charge in [0.05, 0.1) is 37.8 Å². The summed E-state index contributed by atoms with van der Waals surface area (Å²) >= 11 is 0. The molecule has 0 fully saturated rings. The molecule has 0 aromatic heterocycles. The Balaban J connectivity index is 0.000000337. The predicted octanol–water partition coefficient (Wildman–Crippen LogP) is 4.85. The molecule has 0 heterocycles. The van der Waals surface area contributed by atoms with Crippen LogP contribution < -0.4 is 30.3 Å². The Labute approximate surface area is 337 Å². The standard InChI is InChI=1S/2C19H24N2O4.C4H4O4/c1-13(2)21(15-5-7-16(25-3)8-6-15)11-19(24)14-4-9-18(23)17(10-14)20-12-22;1-13(9-14-3-6-16(25-2)7-4-14)20-11-19(24)15-5-8-18(23)17(10-15)21-12-22;5-3(6)1-2-4(7)8/h4-10,12-13,19,23-24H,11H2,1-3H3,(H,20,22);3-8,10,12-13,19-20,23-24H,9,11H2,1-2H3,(H,21,22);1-2H,(H,5,6)(H,7,8)/b;;2-1+/t;13-,19+;/m.1./s1. The maximum Gasteiger partial charge on any atom is 0.328 e. The first-order chi connectivity index (χ1) is 27.6. The van der Waals surface area contributed by atoms with Crippen molar-refractivity contribution in [3.8, 4) is 23.0 Å². The van der Waals surface area contributed by atoms with Crippen LogP contribution in [0.25, 0.3) is 0 Å². The van der Waals surface area contributed by atoms with Gasteiger partial charge in [0.1, 0.15) is 23.0 Å². The lowest BCUT2D eigenvalue weighted by molar-refractivity contribution is -0.134. The second-order valence-corrected chi connectivity index (χ2v) is 12.9. The predicted molar refractivity (Wildman–Crippen MR) is 220 cm³/mol. The minimum Gasteiger partial charge on any atom is -0.506 e. The molecule has 0 saturated carbocycles. The van der Waals surface area contributed by atoms with Crippen LogP contribution in [0.4, 0.5) is 17.1 Å². The van der Waals surface area contributed by atoms with Crippen LogP contribution in [0.1, 0.15) is 49.7 Å². The monoisotopic (exact) mass is 804 g/mol. The maximum absolute atomic E-state index is 10.6. The number of aliphatic hydroxyl groups is 2. The van der Waals surface area contributed by atoms with Gasteiger partial charge in [-0.25, -0.2) is 9.59 Å². The Bertz CT molecular complexity index is 1900. The number of amides is 2. The van der Waals surface area contributed by atoms with Gasteiger partial charge in [0.15, 0.2) is 0 Å². The molecule has 0 aliphatic rings. The number of carboxylic acids is 2. The largest absolute Gasteiger partial charge is 0.506 e. The SMILES string of the molecule is COc1ccc(C[C@@H](C)NC[C@H](O)c2ccc(O)c(NC=O)c2)cc1.COc1ccc(N(CC(O)c2ccc(O)c(NC=O)c2)C(C)C)cc1.O=C(O)/C=C/C(=O)O. The van der Waals surface area contributed by atoms with Crippen LogP contribution in [0.2, 0.25) is 0 Å². The number of carboxylic acid groups (broad SMARTS) is 2. The third-order valence-electron chi connectivity index (χ3n) is 8.37. The Hall–Kier alpha value is -6.62. The van der Waals surface area contributed by atoms with Crippen LogP contribution in [0.5, 0.6) is 23.0 Å². The fourth-order valence-corrected chi connectivity index (χ4v) is 5.32. The van der Waals surface area contributed by atoms with Crippen molar-refractivity contribution in [1.82, 2.24) is 5.32 Å². The van der Waals surface area contributed by atoms with Crippen molar-refractivity contribution in [1.29, 1.82) is 0 Å². The lowest BCUT2D eigenvalue weighted by Crippen LogP contribution is -2.34. The number of hydrogen-bond donors (Lipinski definition) is 9. The molecule has 16 nitrogen and oxygen atoms in total. The molecule has 2 amide bonds. The fraction of sp³-hybridized carbons (Fsp3) is 0.286. The second-order valence-electron chi connectivity index (χ2n) is 12.9. The number of aromatic hydroxyl groups is 2. The van der Waals surface area contributed by atoms with E-state index < -0.39 is 24.1 Å². The first-order valence-electron chi connectivity index (χ1n) is 18.0. The minimum atomic E-state index is -1.26. The van der Waals surface area contributed by atoms with Gasteiger partial charge in [-0.15, -0.1) is 0 Å². The van der Waals surface area contributed by atoms with E-state index in [4.69, 9.17) is 19.7 Å². The lowest BCUT2D eigenvalue weighted by Gasteiger charge is -2.31. The summed E-state index contributed by atoms with van der Waals surface area (Å²) in [4.78, 5) is 42.3. The number of aliphatic hydroxyl groups excluding tert-OH is 2. The Morgan fingerprint density at radius 1 is 0.690 bits per heavy atom. The van der Waals surface area contributed by atoms with E-state index in [1.807, 2.05) is 69.3 Å².